The predicted octanol–water partition coefficient (Wildman–Crippen LogP) is 4.30. The maximum atomic E-state index is 14.6. The highest BCUT2D eigenvalue weighted by atomic mass is 35.5. The third-order valence-electron chi connectivity index (χ3n) is 9.54. The van der Waals surface area contributed by atoms with Gasteiger partial charge in [-0.3, -0.25) is 19.2 Å². The number of oxime groups is 1. The average molecular weight is 754 g/mol. The van der Waals surface area contributed by atoms with Crippen molar-refractivity contribution in [3.05, 3.63) is 58.6 Å². The fourth-order valence-corrected chi connectivity index (χ4v) is 6.77. The highest BCUT2D eigenvalue weighted by Crippen LogP contribution is 2.42. The van der Waals surface area contributed by atoms with Crippen molar-refractivity contribution in [3.8, 4) is 11.5 Å². The summed E-state index contributed by atoms with van der Waals surface area (Å²) in [6.07, 6.45) is 1.69. The topological polar surface area (TPSA) is 174 Å². The molecule has 2 fully saturated rings. The molecule has 4 amide bonds. The van der Waals surface area contributed by atoms with Gasteiger partial charge in [0.25, 0.3) is 5.91 Å². The summed E-state index contributed by atoms with van der Waals surface area (Å²) in [5.41, 5.74) is -0.191. The van der Waals surface area contributed by atoms with Gasteiger partial charge < -0.3 is 39.9 Å². The van der Waals surface area contributed by atoms with Crippen LogP contribution in [-0.2, 0) is 35.4 Å². The molecule has 5 rings (SSSR count). The Balaban J connectivity index is 1.41. The van der Waals surface area contributed by atoms with Crippen LogP contribution in [-0.4, -0.2) is 90.7 Å². The van der Waals surface area contributed by atoms with Gasteiger partial charge in [-0.1, -0.05) is 81.2 Å². The summed E-state index contributed by atoms with van der Waals surface area (Å²) in [5, 5.41) is 12.9. The predicted molar refractivity (Wildman–Crippen MR) is 196 cm³/mol. The third kappa shape index (κ3) is 9.39. The zero-order chi connectivity index (χ0) is 38.5. The first-order chi connectivity index (χ1) is 25.2. The molecule has 2 aromatic carbocycles. The Morgan fingerprint density at radius 3 is 2.36 bits per heavy atom. The number of halogens is 1. The molecule has 2 heterocycles. The number of alkyl carbamates (subject to hydrolysis) is 1. The molecule has 0 radical (unpaired) electrons. The van der Waals surface area contributed by atoms with E-state index in [1.807, 2.05) is 37.3 Å². The molecule has 2 aliphatic heterocycles. The van der Waals surface area contributed by atoms with E-state index in [0.29, 0.717) is 34.2 Å². The van der Waals surface area contributed by atoms with Crippen molar-refractivity contribution in [3.63, 3.8) is 0 Å². The van der Waals surface area contributed by atoms with Gasteiger partial charge in [-0.25, -0.2) is 4.79 Å². The summed E-state index contributed by atoms with van der Waals surface area (Å²) < 4.78 is 16.4. The molecule has 1 spiro atoms. The van der Waals surface area contributed by atoms with E-state index < -0.39 is 58.7 Å². The van der Waals surface area contributed by atoms with E-state index in [2.05, 4.69) is 21.1 Å². The summed E-state index contributed by atoms with van der Waals surface area (Å²) in [4.78, 5) is 75.3. The quantitative estimate of drug-likeness (QED) is 0.238. The molecule has 3 aliphatic rings. The Hall–Kier alpha value is -4.85. The summed E-state index contributed by atoms with van der Waals surface area (Å²) in [6, 6.07) is 8.98. The maximum Gasteiger partial charge on any atom is 0.408 e. The number of methoxy groups -OCH3 is 2. The Morgan fingerprint density at radius 2 is 1.74 bits per heavy atom. The number of nitrogens with one attached hydrogen (secondary N) is 3. The van der Waals surface area contributed by atoms with Crippen molar-refractivity contribution >= 4 is 46.9 Å². The van der Waals surface area contributed by atoms with E-state index in [1.165, 1.54) is 19.1 Å². The first-order valence-electron chi connectivity index (χ1n) is 17.8. The van der Waals surface area contributed by atoms with Crippen LogP contribution < -0.4 is 25.4 Å². The number of benzene rings is 2. The van der Waals surface area contributed by atoms with Crippen LogP contribution in [0.25, 0.3) is 0 Å². The molecule has 0 unspecified atom stereocenters. The maximum absolute atomic E-state index is 14.6. The Kier molecular flexibility index (Phi) is 12.2. The van der Waals surface area contributed by atoms with Gasteiger partial charge in [-0.2, -0.15) is 0 Å². The molecule has 1 saturated heterocycles. The van der Waals surface area contributed by atoms with Crippen LogP contribution in [0, 0.1) is 5.41 Å². The number of rotatable bonds is 14. The van der Waals surface area contributed by atoms with Gasteiger partial charge in [0, 0.05) is 30.5 Å². The lowest BCUT2D eigenvalue weighted by Gasteiger charge is -2.35. The first-order valence-corrected chi connectivity index (χ1v) is 18.2. The lowest BCUT2D eigenvalue weighted by Crippen LogP contribution is -2.59. The molecular formula is C38H48ClN5O9. The van der Waals surface area contributed by atoms with Crippen molar-refractivity contribution in [2.75, 3.05) is 20.8 Å². The van der Waals surface area contributed by atoms with Gasteiger partial charge in [-0.05, 0) is 36.3 Å². The summed E-state index contributed by atoms with van der Waals surface area (Å²) in [7, 11) is 2.99. The van der Waals surface area contributed by atoms with E-state index in [9.17, 15) is 24.0 Å². The summed E-state index contributed by atoms with van der Waals surface area (Å²) >= 11 is 6.46. The fourth-order valence-electron chi connectivity index (χ4n) is 6.52. The second-order valence-electron chi connectivity index (χ2n) is 14.8. The van der Waals surface area contributed by atoms with E-state index in [0.717, 1.165) is 18.4 Å². The molecule has 286 valence electrons. The second kappa shape index (κ2) is 16.4. The molecular weight excluding hydrogens is 706 g/mol. The van der Waals surface area contributed by atoms with Crippen molar-refractivity contribution in [2.45, 2.75) is 103 Å². The molecule has 1 aliphatic carbocycles. The van der Waals surface area contributed by atoms with Gasteiger partial charge in [-0.15, -0.1) is 0 Å². The Morgan fingerprint density at radius 1 is 1.04 bits per heavy atom. The van der Waals surface area contributed by atoms with E-state index in [1.54, 1.807) is 32.9 Å². The molecule has 4 atom stereocenters. The monoisotopic (exact) mass is 753 g/mol. The zero-order valence-electron chi connectivity index (χ0n) is 31.0. The number of Topliss-reactive ketones (excluding diaryl/α,β-unsaturated/α-hetero) is 1. The molecule has 15 heteroatoms. The number of ether oxygens (including phenoxy) is 3. The number of hydrogen-bond acceptors (Lipinski definition) is 10. The lowest BCUT2D eigenvalue weighted by molar-refractivity contribution is -0.144. The van der Waals surface area contributed by atoms with Gasteiger partial charge in [0.15, 0.2) is 5.60 Å². The molecule has 1 saturated carbocycles. The Labute approximate surface area is 314 Å². The van der Waals surface area contributed by atoms with E-state index in [4.69, 9.17) is 30.6 Å². The van der Waals surface area contributed by atoms with Crippen LogP contribution in [0.4, 0.5) is 4.79 Å². The van der Waals surface area contributed by atoms with Gasteiger partial charge >= 0.3 is 6.09 Å². The van der Waals surface area contributed by atoms with Crippen molar-refractivity contribution < 1.29 is 43.0 Å². The standard InChI is InChI=1S/C38H48ClN5O9/c1-7-11-26(31(45)34(47)40-23-14-15-23)41-33(46)28-19-38(18-27(43-53-38)24-16-25(39)30(51-6)17-29(24)50-5)21-44(28)35(48)32(37(2,3)4)42-36(49)52-20-22-12-9-8-10-13-22/h8-10,12-13,16-17,23,26,28,32H,7,11,14-15,18-21H2,1-6H3,(H,40,47)(H,41,46)(H,42,49)/t26-,28-,32+,38+/m0/s1. The molecule has 3 N–H and O–H groups in total. The zero-order valence-corrected chi connectivity index (χ0v) is 31.7. The number of nitrogens with zero attached hydrogens (tertiary/aromatic N) is 2. The minimum Gasteiger partial charge on any atom is -0.496 e. The largest absolute Gasteiger partial charge is 0.496 e. The number of likely N-dealkylation sites (tertiary alicyclic amines) is 1. The van der Waals surface area contributed by atoms with Crippen molar-refractivity contribution in [2.24, 2.45) is 10.6 Å². The normalized spacial score (nSPS) is 20.5. The number of carbonyl (C=O) groups excluding carboxylic acids is 5. The third-order valence-corrected chi connectivity index (χ3v) is 9.84. The first kappa shape index (κ1) is 39.4. The molecule has 53 heavy (non-hydrogen) atoms. The number of carbonyl (C=O) groups is 5. The average Bonchev–Trinajstić information content (AvgIpc) is 3.73. The van der Waals surface area contributed by atoms with Crippen LogP contribution in [0.5, 0.6) is 11.5 Å². The van der Waals surface area contributed by atoms with Crippen molar-refractivity contribution in [1.29, 1.82) is 0 Å². The molecule has 2 aromatic rings. The SMILES string of the molecule is CCC[C@H](NC(=O)[C@@H]1C[C@]2(CC(c3cc(Cl)c(OC)cc3OC)=NO2)CN1C(=O)[C@@H](NC(=O)OCc1ccccc1)C(C)(C)C)C(=O)C(=O)NC1CC1. The second-order valence-corrected chi connectivity index (χ2v) is 15.2. The smallest absolute Gasteiger partial charge is 0.408 e. The summed E-state index contributed by atoms with van der Waals surface area (Å²) in [6.45, 7) is 7.11. The highest BCUT2D eigenvalue weighted by molar-refractivity contribution is 6.38. The van der Waals surface area contributed by atoms with Crippen LogP contribution in [0.1, 0.15) is 77.3 Å². The number of hydrogen-bond donors (Lipinski definition) is 3. The van der Waals surface area contributed by atoms with Crippen molar-refractivity contribution in [1.82, 2.24) is 20.9 Å². The fraction of sp³-hybridized carbons (Fsp3) is 0.526. The molecule has 0 bridgehead atoms. The minimum absolute atomic E-state index is 0.000395. The van der Waals surface area contributed by atoms with Crippen LogP contribution in [0.3, 0.4) is 0 Å². The number of ketones is 1. The minimum atomic E-state index is -1.16. The van der Waals surface area contributed by atoms with Crippen LogP contribution in [0.2, 0.25) is 5.02 Å². The van der Waals surface area contributed by atoms with E-state index in [-0.39, 0.29) is 38.5 Å². The highest BCUT2D eigenvalue weighted by Gasteiger charge is 2.56. The van der Waals surface area contributed by atoms with Gasteiger partial charge in [0.1, 0.15) is 30.2 Å². The van der Waals surface area contributed by atoms with Crippen LogP contribution in [0.15, 0.2) is 47.6 Å². The lowest BCUT2D eigenvalue weighted by atomic mass is 9.85. The van der Waals surface area contributed by atoms with Gasteiger partial charge in [0.05, 0.1) is 37.5 Å². The number of amides is 4. The summed E-state index contributed by atoms with van der Waals surface area (Å²) in [5.74, 6) is -1.86. The molecule has 14 nitrogen and oxygen atoms in total. The van der Waals surface area contributed by atoms with Crippen LogP contribution >= 0.6 is 11.6 Å². The molecule has 0 aromatic heterocycles. The van der Waals surface area contributed by atoms with Gasteiger partial charge in [0.2, 0.25) is 17.6 Å². The Bertz CT molecular complexity index is 1740. The van der Waals surface area contributed by atoms with E-state index >= 15 is 0 Å².